The number of carbonyl (C=O) groups is 3. The lowest BCUT2D eigenvalue weighted by Gasteiger charge is -2.45. The quantitative estimate of drug-likeness (QED) is 0.310. The van der Waals surface area contributed by atoms with Crippen LogP contribution < -0.4 is 5.32 Å². The van der Waals surface area contributed by atoms with Crippen molar-refractivity contribution in [2.75, 3.05) is 34.3 Å². The molecule has 292 valence electrons. The van der Waals surface area contributed by atoms with E-state index in [4.69, 9.17) is 23.7 Å². The Balaban J connectivity index is 1.48. The van der Waals surface area contributed by atoms with E-state index in [1.165, 1.54) is 6.92 Å². The maximum atomic E-state index is 14.0. The Hall–Kier alpha value is -3.46. The van der Waals surface area contributed by atoms with Gasteiger partial charge >= 0.3 is 12.1 Å². The number of fused-ring (bicyclic) bond motifs is 2. The molecule has 1 aromatic heterocycles. The van der Waals surface area contributed by atoms with Gasteiger partial charge in [-0.25, -0.2) is 4.79 Å². The van der Waals surface area contributed by atoms with Gasteiger partial charge in [-0.3, -0.25) is 14.6 Å². The third-order valence-corrected chi connectivity index (χ3v) is 11.1. The second-order valence-electron chi connectivity index (χ2n) is 15.7. The molecule has 5 rings (SSSR count). The van der Waals surface area contributed by atoms with E-state index in [0.717, 1.165) is 16.5 Å². The number of hydrogen-bond acceptors (Lipinski definition) is 12. The standard InChI is InChI=1S/C40H58N4O9/c1-23-20-40(6,49-16-12-13-28-18-29-14-10-11-15-30(29)41-21-28)33(52-38-35(46)31(43(7)8)17-24(2)50-38)19-32(45)25(3)37(47)51-27(5)36-34(42-39(48)53-36)26(4)44(9)22-23/h10-15,18,21,23-27,31,33-36,38,46H,16-17,19-20,22H2,1-9H3,(H,42,48)/b13-12+/t23-,24-,25-,26-,27-,31?,33-,34-,35?,36-,38+,40-/m1/s1. The number of likely N-dealkylation sites (N-methyl/N-ethyl adjacent to an activating group) is 2. The normalized spacial score (nSPS) is 36.8. The first-order valence-electron chi connectivity index (χ1n) is 18.8. The number of para-hydroxylation sites is 1. The highest BCUT2D eigenvalue weighted by Gasteiger charge is 2.48. The van der Waals surface area contributed by atoms with E-state index in [9.17, 15) is 19.5 Å². The molecule has 3 aliphatic heterocycles. The Labute approximate surface area is 313 Å². The van der Waals surface area contributed by atoms with E-state index in [2.05, 4.69) is 28.2 Å². The first-order valence-corrected chi connectivity index (χ1v) is 18.8. The SMILES string of the molecule is C[C@H]1CN(C)[C@H](C)[C@H]2NC(=O)O[C@@H]2[C@@H](C)OC(=O)[C@H](C)C(=O)C[C@@H](O[C@@H]2O[C@H](C)CC(N(C)C)C2O)[C@](C)(OC/C=C/c2cnc3ccccc3c2)C1. The molecule has 1 aromatic carbocycles. The molecule has 53 heavy (non-hydrogen) atoms. The van der Waals surface area contributed by atoms with Crippen LogP contribution in [-0.4, -0.2) is 133 Å². The van der Waals surface area contributed by atoms with Gasteiger partial charge in [0.05, 0.1) is 36.0 Å². The van der Waals surface area contributed by atoms with Crippen LogP contribution in [0, 0.1) is 11.8 Å². The molecule has 0 bridgehead atoms. The van der Waals surface area contributed by atoms with Crippen LogP contribution in [0.1, 0.15) is 66.4 Å². The topological polar surface area (TPSA) is 149 Å². The lowest BCUT2D eigenvalue weighted by molar-refractivity contribution is -0.291. The molecule has 0 aliphatic carbocycles. The van der Waals surface area contributed by atoms with Gasteiger partial charge in [0.2, 0.25) is 0 Å². The van der Waals surface area contributed by atoms with E-state index >= 15 is 0 Å². The van der Waals surface area contributed by atoms with Crippen LogP contribution >= 0.6 is 0 Å². The van der Waals surface area contributed by atoms with Gasteiger partial charge < -0.3 is 43.9 Å². The van der Waals surface area contributed by atoms with Gasteiger partial charge in [0, 0.05) is 36.6 Å². The number of aliphatic hydroxyl groups is 1. The third kappa shape index (κ3) is 9.81. The lowest BCUT2D eigenvalue weighted by Crippen LogP contribution is -2.57. The summed E-state index contributed by atoms with van der Waals surface area (Å²) < 4.78 is 31.0. The number of nitrogens with zero attached hydrogens (tertiary/aromatic N) is 3. The van der Waals surface area contributed by atoms with Gasteiger partial charge in [-0.05, 0) is 92.2 Å². The first-order chi connectivity index (χ1) is 25.1. The molecule has 1 amide bonds. The molecule has 0 saturated carbocycles. The average Bonchev–Trinajstić information content (AvgIpc) is 3.51. The Bertz CT molecular complexity index is 1620. The van der Waals surface area contributed by atoms with E-state index in [1.54, 1.807) is 6.92 Å². The van der Waals surface area contributed by atoms with Crippen molar-refractivity contribution in [2.45, 2.75) is 121 Å². The van der Waals surface area contributed by atoms with Crippen molar-refractivity contribution in [3.05, 3.63) is 48.2 Å². The summed E-state index contributed by atoms with van der Waals surface area (Å²) >= 11 is 0. The van der Waals surface area contributed by atoms with E-state index < -0.39 is 66.1 Å². The number of cyclic esters (lactones) is 1. The number of ether oxygens (including phenoxy) is 5. The number of amides is 1. The summed E-state index contributed by atoms with van der Waals surface area (Å²) in [4.78, 5) is 48.6. The number of esters is 1. The van der Waals surface area contributed by atoms with Crippen molar-refractivity contribution in [3.63, 3.8) is 0 Å². The smallest absolute Gasteiger partial charge is 0.408 e. The minimum absolute atomic E-state index is 0.00212. The highest BCUT2D eigenvalue weighted by atomic mass is 16.7. The Morgan fingerprint density at radius 1 is 1.11 bits per heavy atom. The number of ketones is 1. The van der Waals surface area contributed by atoms with Crippen LogP contribution in [-0.2, 0) is 33.3 Å². The molecule has 3 aliphatic rings. The first kappa shape index (κ1) is 40.7. The number of pyridine rings is 1. The van der Waals surface area contributed by atoms with Gasteiger partial charge in [-0.15, -0.1) is 0 Å². The zero-order valence-corrected chi connectivity index (χ0v) is 32.6. The maximum absolute atomic E-state index is 14.0. The van der Waals surface area contributed by atoms with Crippen molar-refractivity contribution in [2.24, 2.45) is 11.8 Å². The Morgan fingerprint density at radius 2 is 1.85 bits per heavy atom. The number of nitrogens with one attached hydrogen (secondary N) is 1. The van der Waals surface area contributed by atoms with Crippen molar-refractivity contribution in [1.82, 2.24) is 20.1 Å². The average molecular weight is 739 g/mol. The van der Waals surface area contributed by atoms with Gasteiger partial charge in [0.25, 0.3) is 0 Å². The highest BCUT2D eigenvalue weighted by Crippen LogP contribution is 2.35. The molecule has 0 spiro atoms. The minimum atomic E-state index is -1.15. The monoisotopic (exact) mass is 738 g/mol. The molecule has 2 unspecified atom stereocenters. The molecule has 0 radical (unpaired) electrons. The summed E-state index contributed by atoms with van der Waals surface area (Å²) in [5, 5.41) is 15.4. The molecule has 2 aromatic rings. The fourth-order valence-corrected chi connectivity index (χ4v) is 7.87. The molecule has 12 atom stereocenters. The van der Waals surface area contributed by atoms with Gasteiger partial charge in [0.15, 0.2) is 12.4 Å². The molecular formula is C40H58N4O9. The fourth-order valence-electron chi connectivity index (χ4n) is 7.87. The minimum Gasteiger partial charge on any atom is -0.458 e. The summed E-state index contributed by atoms with van der Waals surface area (Å²) in [5.41, 5.74) is 0.731. The molecule has 3 fully saturated rings. The van der Waals surface area contributed by atoms with Gasteiger partial charge in [-0.2, -0.15) is 0 Å². The van der Waals surface area contributed by atoms with Gasteiger partial charge in [0.1, 0.15) is 23.9 Å². The number of carbonyl (C=O) groups excluding carboxylic acids is 3. The highest BCUT2D eigenvalue weighted by molar-refractivity contribution is 5.98. The Kier molecular flexibility index (Phi) is 13.3. The molecule has 2 N–H and O–H groups in total. The summed E-state index contributed by atoms with van der Waals surface area (Å²) in [6, 6.07) is 9.09. The largest absolute Gasteiger partial charge is 0.458 e. The van der Waals surface area contributed by atoms with Crippen LogP contribution in [0.15, 0.2) is 42.6 Å². The number of aliphatic hydroxyl groups excluding tert-OH is 1. The number of aromatic nitrogens is 1. The summed E-state index contributed by atoms with van der Waals surface area (Å²) in [5.74, 6) is -2.28. The molecule has 4 heterocycles. The molecule has 13 nitrogen and oxygen atoms in total. The van der Waals surface area contributed by atoms with Crippen LogP contribution in [0.3, 0.4) is 0 Å². The lowest BCUT2D eigenvalue weighted by atomic mass is 9.83. The van der Waals surface area contributed by atoms with Crippen molar-refractivity contribution < 1.29 is 43.2 Å². The number of hydrogen-bond donors (Lipinski definition) is 2. The van der Waals surface area contributed by atoms with Crippen molar-refractivity contribution in [1.29, 1.82) is 0 Å². The second kappa shape index (κ2) is 17.3. The van der Waals surface area contributed by atoms with E-state index in [-0.39, 0.29) is 37.1 Å². The Morgan fingerprint density at radius 3 is 2.58 bits per heavy atom. The number of alkyl carbamates (subject to hydrolysis) is 1. The number of rotatable bonds is 7. The van der Waals surface area contributed by atoms with E-state index in [1.807, 2.05) is 89.4 Å². The predicted molar refractivity (Wildman–Crippen MR) is 200 cm³/mol. The number of benzene rings is 1. The zero-order chi connectivity index (χ0) is 38.6. The molecule has 13 heteroatoms. The zero-order valence-electron chi connectivity index (χ0n) is 32.6. The van der Waals surface area contributed by atoms with Crippen molar-refractivity contribution in [3.8, 4) is 0 Å². The van der Waals surface area contributed by atoms with Crippen LogP contribution in [0.4, 0.5) is 4.79 Å². The molecule has 3 saturated heterocycles. The fraction of sp³-hybridized carbons (Fsp3) is 0.650. The van der Waals surface area contributed by atoms with Crippen LogP contribution in [0.2, 0.25) is 0 Å². The number of Topliss-reactive ketones (excluding diaryl/α,β-unsaturated/α-hetero) is 1. The molecular weight excluding hydrogens is 680 g/mol. The van der Waals surface area contributed by atoms with Crippen LogP contribution in [0.5, 0.6) is 0 Å². The maximum Gasteiger partial charge on any atom is 0.408 e. The van der Waals surface area contributed by atoms with Gasteiger partial charge in [-0.1, -0.05) is 37.3 Å². The second-order valence-corrected chi connectivity index (χ2v) is 15.7. The summed E-state index contributed by atoms with van der Waals surface area (Å²) in [7, 11) is 5.78. The third-order valence-electron chi connectivity index (χ3n) is 11.1. The summed E-state index contributed by atoms with van der Waals surface area (Å²) in [6.07, 6.45) is 1.22. The summed E-state index contributed by atoms with van der Waals surface area (Å²) in [6.45, 7) is 11.9. The predicted octanol–water partition coefficient (Wildman–Crippen LogP) is 4.20. The van der Waals surface area contributed by atoms with E-state index in [0.29, 0.717) is 19.4 Å². The van der Waals surface area contributed by atoms with Crippen LogP contribution in [0.25, 0.3) is 17.0 Å². The van der Waals surface area contributed by atoms with Crippen molar-refractivity contribution >= 4 is 34.8 Å².